The summed E-state index contributed by atoms with van der Waals surface area (Å²) in [7, 11) is 3.54. The molecule has 1 unspecified atom stereocenters. The Balaban J connectivity index is 1.54. The molecule has 4 rings (SSSR count). The third kappa shape index (κ3) is 7.31. The largest absolute Gasteiger partial charge is 0.457 e. The van der Waals surface area contributed by atoms with E-state index in [1.54, 1.807) is 25.1 Å². The monoisotopic (exact) mass is 586 g/mol. The van der Waals surface area contributed by atoms with E-state index in [0.717, 1.165) is 32.8 Å². The Morgan fingerprint density at radius 2 is 2.10 bits per heavy atom. The number of rotatable bonds is 9. The molecule has 1 amide bonds. The van der Waals surface area contributed by atoms with Gasteiger partial charge >= 0.3 is 6.09 Å². The topological polar surface area (TPSA) is 107 Å². The third-order valence-electron chi connectivity index (χ3n) is 6.51. The smallest absolute Gasteiger partial charge is 0.410 e. The lowest BCUT2D eigenvalue weighted by Crippen LogP contribution is -2.38. The van der Waals surface area contributed by atoms with Crippen LogP contribution in [0.1, 0.15) is 44.6 Å². The lowest BCUT2D eigenvalue weighted by molar-refractivity contribution is -0.429. The van der Waals surface area contributed by atoms with Crippen molar-refractivity contribution in [1.82, 2.24) is 9.88 Å². The fourth-order valence-electron chi connectivity index (χ4n) is 4.43. The van der Waals surface area contributed by atoms with Gasteiger partial charge in [0, 0.05) is 45.8 Å². The molecule has 0 radical (unpaired) electrons. The molecule has 1 aliphatic carbocycles. The number of pyridine rings is 1. The van der Waals surface area contributed by atoms with E-state index >= 15 is 0 Å². The van der Waals surface area contributed by atoms with Crippen LogP contribution < -0.4 is 4.90 Å². The van der Waals surface area contributed by atoms with E-state index in [1.165, 1.54) is 11.3 Å². The van der Waals surface area contributed by atoms with E-state index in [1.807, 2.05) is 52.1 Å². The van der Waals surface area contributed by atoms with Gasteiger partial charge in [0.15, 0.2) is 5.83 Å². The van der Waals surface area contributed by atoms with E-state index in [-0.39, 0.29) is 17.9 Å². The summed E-state index contributed by atoms with van der Waals surface area (Å²) in [5, 5.41) is 11.1. The van der Waals surface area contributed by atoms with Crippen LogP contribution in [0.5, 0.6) is 0 Å². The summed E-state index contributed by atoms with van der Waals surface area (Å²) < 4.78 is 31.6. The number of allylic oxidation sites excluding steroid dienone is 4. The van der Waals surface area contributed by atoms with Crippen LogP contribution in [0.3, 0.4) is 0 Å². The van der Waals surface area contributed by atoms with Gasteiger partial charge in [0.1, 0.15) is 17.1 Å². The highest BCUT2D eigenvalue weighted by atomic mass is 32.1. The molecule has 3 heterocycles. The minimum Gasteiger partial charge on any atom is -0.457 e. The van der Waals surface area contributed by atoms with Gasteiger partial charge in [-0.15, -0.1) is 11.3 Å². The van der Waals surface area contributed by atoms with Crippen LogP contribution in [0.25, 0.3) is 16.3 Å². The molecule has 0 N–H and O–H groups in total. The fraction of sp³-hybridized carbons (Fsp3) is 0.448. The summed E-state index contributed by atoms with van der Waals surface area (Å²) in [6.07, 6.45) is 4.23. The predicted molar refractivity (Wildman–Crippen MR) is 155 cm³/mol. The molecule has 0 saturated heterocycles. The number of hydrogen-bond donors (Lipinski definition) is 0. The van der Waals surface area contributed by atoms with Crippen molar-refractivity contribution in [3.8, 4) is 10.6 Å². The SMILES string of the molecule is COCCN(Cc1ccc(-c2cc3c(s2)C(OC2=C(F)C=C([N+](=O)[O-])CC2C)=CCN3C)nc1)C(=O)OC(C)(C)C. The fourth-order valence-corrected chi connectivity index (χ4v) is 5.59. The Labute approximate surface area is 242 Å². The number of halogens is 1. The molecular formula is C29H35FN4O6S. The van der Waals surface area contributed by atoms with Crippen LogP contribution in [0.2, 0.25) is 0 Å². The van der Waals surface area contributed by atoms with Crippen molar-refractivity contribution in [3.05, 3.63) is 74.4 Å². The molecule has 2 aromatic rings. The molecule has 0 spiro atoms. The molecule has 0 saturated carbocycles. The van der Waals surface area contributed by atoms with Gasteiger partial charge in [0.25, 0.3) is 0 Å². The number of fused-ring (bicyclic) bond motifs is 1. The molecule has 1 atom stereocenters. The number of thiophene rings is 1. The summed E-state index contributed by atoms with van der Waals surface area (Å²) >= 11 is 1.47. The first-order chi connectivity index (χ1) is 19.4. The highest BCUT2D eigenvalue weighted by Crippen LogP contribution is 2.44. The van der Waals surface area contributed by atoms with Crippen molar-refractivity contribution in [1.29, 1.82) is 0 Å². The maximum atomic E-state index is 14.8. The van der Waals surface area contributed by atoms with Crippen molar-refractivity contribution in [2.24, 2.45) is 5.92 Å². The van der Waals surface area contributed by atoms with E-state index in [0.29, 0.717) is 32.0 Å². The van der Waals surface area contributed by atoms with Crippen LogP contribution >= 0.6 is 11.3 Å². The van der Waals surface area contributed by atoms with Crippen molar-refractivity contribution >= 4 is 28.9 Å². The average Bonchev–Trinajstić information content (AvgIpc) is 3.35. The molecule has 0 aromatic carbocycles. The Kier molecular flexibility index (Phi) is 9.13. The number of carbonyl (C=O) groups excluding carboxylic acids is 1. The zero-order chi connectivity index (χ0) is 29.9. The van der Waals surface area contributed by atoms with Crippen LogP contribution in [0, 0.1) is 16.0 Å². The average molecular weight is 587 g/mol. The van der Waals surface area contributed by atoms with Gasteiger partial charge in [-0.05, 0) is 44.5 Å². The first-order valence-corrected chi connectivity index (χ1v) is 14.1. The standard InChI is InChI=1S/C29H35FN4O6S/c1-18-13-20(34(36)37)14-21(30)26(18)39-24-9-10-32(5)23-15-25(41-27(23)24)22-8-7-19(16-31-22)17-33(11-12-38-6)28(35)40-29(2,3)4/h7-9,14-16,18H,10-13,17H2,1-6H3. The molecule has 10 nitrogen and oxygen atoms in total. The quantitative estimate of drug-likeness (QED) is 0.246. The summed E-state index contributed by atoms with van der Waals surface area (Å²) in [6.45, 7) is 8.83. The van der Waals surface area contributed by atoms with Gasteiger partial charge in [0.2, 0.25) is 5.70 Å². The number of carbonyl (C=O) groups is 1. The second-order valence-electron chi connectivity index (χ2n) is 11.0. The van der Waals surface area contributed by atoms with Gasteiger partial charge in [-0.2, -0.15) is 0 Å². The third-order valence-corrected chi connectivity index (χ3v) is 7.67. The Hall–Kier alpha value is -3.77. The Bertz CT molecular complexity index is 1390. The van der Waals surface area contributed by atoms with E-state index in [2.05, 4.69) is 9.88 Å². The van der Waals surface area contributed by atoms with E-state index in [9.17, 15) is 19.3 Å². The van der Waals surface area contributed by atoms with Crippen molar-refractivity contribution < 1.29 is 28.3 Å². The molecule has 2 aliphatic rings. The number of aromatic nitrogens is 1. The van der Waals surface area contributed by atoms with E-state index < -0.39 is 28.4 Å². The normalized spacial score (nSPS) is 17.0. The lowest BCUT2D eigenvalue weighted by atomic mass is 9.97. The second-order valence-corrected chi connectivity index (χ2v) is 12.1. The number of anilines is 1. The lowest BCUT2D eigenvalue weighted by Gasteiger charge is -2.27. The molecule has 41 heavy (non-hydrogen) atoms. The van der Waals surface area contributed by atoms with Gasteiger partial charge < -0.3 is 24.0 Å². The summed E-state index contributed by atoms with van der Waals surface area (Å²) in [5.74, 6) is -0.580. The number of nitrogens with zero attached hydrogens (tertiary/aromatic N) is 4. The molecule has 2 aromatic heterocycles. The van der Waals surface area contributed by atoms with E-state index in [4.69, 9.17) is 14.2 Å². The van der Waals surface area contributed by atoms with Gasteiger partial charge in [-0.25, -0.2) is 9.18 Å². The van der Waals surface area contributed by atoms with Crippen molar-refractivity contribution in [3.63, 3.8) is 0 Å². The number of hydrogen-bond acceptors (Lipinski definition) is 9. The molecule has 0 fully saturated rings. The second kappa shape index (κ2) is 12.4. The van der Waals surface area contributed by atoms with Gasteiger partial charge in [-0.1, -0.05) is 13.0 Å². The summed E-state index contributed by atoms with van der Waals surface area (Å²) in [5.41, 5.74) is 1.74. The summed E-state index contributed by atoms with van der Waals surface area (Å²) in [4.78, 5) is 33.3. The Morgan fingerprint density at radius 3 is 2.71 bits per heavy atom. The highest BCUT2D eigenvalue weighted by Gasteiger charge is 2.31. The molecule has 0 bridgehead atoms. The molecular weight excluding hydrogens is 551 g/mol. The van der Waals surface area contributed by atoms with Crippen molar-refractivity contribution in [2.45, 2.75) is 46.3 Å². The number of amides is 1. The minimum atomic E-state index is -0.725. The maximum absolute atomic E-state index is 14.8. The number of methoxy groups -OCH3 is 1. The highest BCUT2D eigenvalue weighted by molar-refractivity contribution is 7.17. The first kappa shape index (κ1) is 30.2. The number of nitro groups is 1. The van der Waals surface area contributed by atoms with Gasteiger partial charge in [0.05, 0.1) is 45.3 Å². The number of ether oxygens (including phenoxy) is 3. The zero-order valence-electron chi connectivity index (χ0n) is 24.1. The van der Waals surface area contributed by atoms with Crippen LogP contribution in [0.15, 0.2) is 53.8 Å². The molecule has 1 aliphatic heterocycles. The van der Waals surface area contributed by atoms with Crippen LogP contribution in [-0.4, -0.2) is 60.4 Å². The van der Waals surface area contributed by atoms with Gasteiger partial charge in [-0.3, -0.25) is 15.1 Å². The molecule has 12 heteroatoms. The minimum absolute atomic E-state index is 0.0952. The van der Waals surface area contributed by atoms with Crippen LogP contribution in [-0.2, 0) is 20.8 Å². The maximum Gasteiger partial charge on any atom is 0.410 e. The Morgan fingerprint density at radius 1 is 1.34 bits per heavy atom. The van der Waals surface area contributed by atoms with Crippen molar-refractivity contribution in [2.75, 3.05) is 38.8 Å². The predicted octanol–water partition coefficient (Wildman–Crippen LogP) is 6.38. The molecule has 220 valence electrons. The van der Waals surface area contributed by atoms with Crippen LogP contribution in [0.4, 0.5) is 14.9 Å². The number of likely N-dealkylation sites (N-methyl/N-ethyl adjacent to an activating group) is 1. The summed E-state index contributed by atoms with van der Waals surface area (Å²) in [6, 6.07) is 5.84. The first-order valence-electron chi connectivity index (χ1n) is 13.3. The zero-order valence-corrected chi connectivity index (χ0v) is 24.9.